The van der Waals surface area contributed by atoms with Gasteiger partial charge in [-0.3, -0.25) is 10.1 Å². The fourth-order valence-corrected chi connectivity index (χ4v) is 1.95. The lowest BCUT2D eigenvalue weighted by Gasteiger charge is -2.06. The summed E-state index contributed by atoms with van der Waals surface area (Å²) in [6.07, 6.45) is 1.23. The van der Waals surface area contributed by atoms with Crippen LogP contribution in [0.1, 0.15) is 11.1 Å². The van der Waals surface area contributed by atoms with Gasteiger partial charge in [0.15, 0.2) is 5.69 Å². The normalized spacial score (nSPS) is 10.3. The van der Waals surface area contributed by atoms with Crippen LogP contribution in [0, 0.1) is 24.0 Å². The van der Waals surface area contributed by atoms with Crippen molar-refractivity contribution in [3.05, 3.63) is 45.6 Å². The van der Waals surface area contributed by atoms with Gasteiger partial charge in [0.05, 0.1) is 4.92 Å². The van der Waals surface area contributed by atoms with Crippen LogP contribution in [0.15, 0.2) is 24.4 Å². The summed E-state index contributed by atoms with van der Waals surface area (Å²) in [6, 6.07) is 5.76. The Labute approximate surface area is 110 Å². The van der Waals surface area contributed by atoms with Gasteiger partial charge in [-0.05, 0) is 26.0 Å². The van der Waals surface area contributed by atoms with E-state index in [9.17, 15) is 10.1 Å². The number of anilines is 1. The predicted octanol–water partition coefficient (Wildman–Crippen LogP) is 2.71. The first-order valence-corrected chi connectivity index (χ1v) is 5.79. The first kappa shape index (κ1) is 12.9. The Morgan fingerprint density at radius 2 is 1.84 bits per heavy atom. The van der Waals surface area contributed by atoms with Crippen molar-refractivity contribution in [3.8, 4) is 11.3 Å². The molecule has 19 heavy (non-hydrogen) atoms. The predicted molar refractivity (Wildman–Crippen MR) is 73.1 cm³/mol. The molecule has 0 aliphatic heterocycles. The quantitative estimate of drug-likeness (QED) is 0.676. The molecule has 1 heterocycles. The van der Waals surface area contributed by atoms with Crippen LogP contribution in [0.5, 0.6) is 0 Å². The van der Waals surface area contributed by atoms with Gasteiger partial charge in [-0.1, -0.05) is 17.2 Å². The summed E-state index contributed by atoms with van der Waals surface area (Å²) in [5, 5.41) is 13.9. The highest BCUT2D eigenvalue weighted by molar-refractivity contribution is 5.71. The number of nitro groups is 1. The second kappa shape index (κ2) is 5.01. The van der Waals surface area contributed by atoms with Gasteiger partial charge in [-0.2, -0.15) is 0 Å². The highest BCUT2D eigenvalue weighted by atomic mass is 16.6. The van der Waals surface area contributed by atoms with Crippen molar-refractivity contribution in [1.29, 1.82) is 0 Å². The molecule has 0 spiro atoms. The van der Waals surface area contributed by atoms with Crippen LogP contribution in [0.2, 0.25) is 0 Å². The smallest absolute Gasteiger partial charge is 0.313 e. The van der Waals surface area contributed by atoms with Crippen molar-refractivity contribution in [3.63, 3.8) is 0 Å². The zero-order valence-corrected chi connectivity index (χ0v) is 11.0. The first-order chi connectivity index (χ1) is 9.01. The number of benzene rings is 1. The van der Waals surface area contributed by atoms with E-state index in [1.54, 1.807) is 7.05 Å². The van der Waals surface area contributed by atoms with Crippen LogP contribution in [0.4, 0.5) is 11.6 Å². The molecule has 98 valence electrons. The molecular weight excluding hydrogens is 244 g/mol. The summed E-state index contributed by atoms with van der Waals surface area (Å²) >= 11 is 0. The number of aromatic nitrogens is 2. The van der Waals surface area contributed by atoms with E-state index in [-0.39, 0.29) is 5.69 Å². The van der Waals surface area contributed by atoms with Crippen LogP contribution in [-0.4, -0.2) is 21.9 Å². The number of nitrogens with one attached hydrogen (secondary N) is 1. The van der Waals surface area contributed by atoms with Crippen LogP contribution < -0.4 is 5.32 Å². The highest BCUT2D eigenvalue weighted by Gasteiger charge is 2.19. The third kappa shape index (κ3) is 2.67. The Bertz CT molecular complexity index is 620. The van der Waals surface area contributed by atoms with Gasteiger partial charge in [0.1, 0.15) is 6.20 Å². The number of aryl methyl sites for hydroxylation is 2. The van der Waals surface area contributed by atoms with E-state index in [0.29, 0.717) is 11.6 Å². The van der Waals surface area contributed by atoms with Gasteiger partial charge in [0.2, 0.25) is 5.95 Å². The maximum atomic E-state index is 11.1. The fourth-order valence-electron chi connectivity index (χ4n) is 1.95. The number of hydrogen-bond donors (Lipinski definition) is 1. The molecule has 0 fully saturated rings. The van der Waals surface area contributed by atoms with Gasteiger partial charge in [-0.25, -0.2) is 9.97 Å². The molecule has 2 aromatic rings. The van der Waals surface area contributed by atoms with Crippen molar-refractivity contribution < 1.29 is 4.92 Å². The Morgan fingerprint density at radius 3 is 2.37 bits per heavy atom. The average molecular weight is 258 g/mol. The van der Waals surface area contributed by atoms with Crippen molar-refractivity contribution in [2.45, 2.75) is 13.8 Å². The molecular formula is C13H14N4O2. The third-order valence-electron chi connectivity index (χ3n) is 2.68. The molecule has 1 aromatic carbocycles. The summed E-state index contributed by atoms with van der Waals surface area (Å²) in [5.74, 6) is 0.361. The minimum Gasteiger partial charge on any atom is -0.357 e. The monoisotopic (exact) mass is 258 g/mol. The van der Waals surface area contributed by atoms with E-state index >= 15 is 0 Å². The van der Waals surface area contributed by atoms with E-state index in [2.05, 4.69) is 15.3 Å². The summed E-state index contributed by atoms with van der Waals surface area (Å²) < 4.78 is 0. The van der Waals surface area contributed by atoms with Gasteiger partial charge in [0.25, 0.3) is 0 Å². The number of rotatable bonds is 3. The van der Waals surface area contributed by atoms with Crippen molar-refractivity contribution in [1.82, 2.24) is 9.97 Å². The van der Waals surface area contributed by atoms with Gasteiger partial charge in [-0.15, -0.1) is 0 Å². The molecule has 0 saturated heterocycles. The summed E-state index contributed by atoms with van der Waals surface area (Å²) in [6.45, 7) is 3.89. The van der Waals surface area contributed by atoms with Crippen LogP contribution in [0.3, 0.4) is 0 Å². The van der Waals surface area contributed by atoms with E-state index in [1.165, 1.54) is 6.20 Å². The van der Waals surface area contributed by atoms with Gasteiger partial charge in [0, 0.05) is 12.6 Å². The van der Waals surface area contributed by atoms with Crippen LogP contribution in [0.25, 0.3) is 11.3 Å². The Hall–Kier alpha value is -2.50. The molecule has 1 N–H and O–H groups in total. The lowest BCUT2D eigenvalue weighted by molar-refractivity contribution is -0.384. The maximum Gasteiger partial charge on any atom is 0.313 e. The molecule has 1 aromatic heterocycles. The molecule has 0 amide bonds. The third-order valence-corrected chi connectivity index (χ3v) is 2.68. The molecule has 0 saturated carbocycles. The van der Waals surface area contributed by atoms with Crippen molar-refractivity contribution in [2.24, 2.45) is 0 Å². The van der Waals surface area contributed by atoms with Crippen LogP contribution in [-0.2, 0) is 0 Å². The highest BCUT2D eigenvalue weighted by Crippen LogP contribution is 2.29. The zero-order valence-electron chi connectivity index (χ0n) is 11.0. The van der Waals surface area contributed by atoms with E-state index in [1.807, 2.05) is 32.0 Å². The molecule has 0 unspecified atom stereocenters. The molecule has 0 radical (unpaired) electrons. The lowest BCUT2D eigenvalue weighted by Crippen LogP contribution is -2.02. The molecule has 0 atom stereocenters. The second-order valence-corrected chi connectivity index (χ2v) is 4.31. The van der Waals surface area contributed by atoms with E-state index in [4.69, 9.17) is 0 Å². The van der Waals surface area contributed by atoms with Crippen molar-refractivity contribution >= 4 is 11.6 Å². The fraction of sp³-hybridized carbons (Fsp3) is 0.231. The zero-order chi connectivity index (χ0) is 14.0. The number of nitrogens with zero attached hydrogens (tertiary/aromatic N) is 3. The largest absolute Gasteiger partial charge is 0.357 e. The minimum atomic E-state index is -0.466. The lowest BCUT2D eigenvalue weighted by atomic mass is 10.0. The maximum absolute atomic E-state index is 11.1. The molecule has 6 nitrogen and oxygen atoms in total. The minimum absolute atomic E-state index is 0.0935. The molecule has 6 heteroatoms. The standard InChI is InChI=1S/C13H14N4O2/c1-8-4-9(2)6-10(5-8)12-11(17(18)19)7-15-13(14-3)16-12/h4-7H,1-3H3,(H,14,15,16). The van der Waals surface area contributed by atoms with Gasteiger partial charge >= 0.3 is 5.69 Å². The van der Waals surface area contributed by atoms with E-state index in [0.717, 1.165) is 16.7 Å². The van der Waals surface area contributed by atoms with Crippen LogP contribution >= 0.6 is 0 Å². The molecule has 0 aliphatic carbocycles. The second-order valence-electron chi connectivity index (χ2n) is 4.31. The number of hydrogen-bond acceptors (Lipinski definition) is 5. The van der Waals surface area contributed by atoms with Crippen molar-refractivity contribution in [2.75, 3.05) is 12.4 Å². The summed E-state index contributed by atoms with van der Waals surface area (Å²) in [5.41, 5.74) is 3.03. The SMILES string of the molecule is CNc1ncc([N+](=O)[O-])c(-c2cc(C)cc(C)c2)n1. The molecule has 0 aliphatic rings. The van der Waals surface area contributed by atoms with Gasteiger partial charge < -0.3 is 5.32 Å². The first-order valence-electron chi connectivity index (χ1n) is 5.79. The molecule has 0 bridgehead atoms. The molecule has 2 rings (SSSR count). The summed E-state index contributed by atoms with van der Waals surface area (Å²) in [7, 11) is 1.67. The van der Waals surface area contributed by atoms with E-state index < -0.39 is 4.92 Å². The topological polar surface area (TPSA) is 81.0 Å². The Morgan fingerprint density at radius 1 is 1.21 bits per heavy atom. The Kier molecular flexibility index (Phi) is 3.41. The average Bonchev–Trinajstić information content (AvgIpc) is 2.36. The Balaban J connectivity index is 2.67. The summed E-state index contributed by atoms with van der Waals surface area (Å²) in [4.78, 5) is 18.7.